The van der Waals surface area contributed by atoms with Crippen molar-refractivity contribution >= 4 is 17.2 Å². The van der Waals surface area contributed by atoms with Crippen molar-refractivity contribution in [2.75, 3.05) is 0 Å². The summed E-state index contributed by atoms with van der Waals surface area (Å²) < 4.78 is 113. The van der Waals surface area contributed by atoms with Crippen LogP contribution in [0.2, 0.25) is 0 Å². The summed E-state index contributed by atoms with van der Waals surface area (Å²) in [6.07, 6.45) is -10.2. The summed E-state index contributed by atoms with van der Waals surface area (Å²) in [6.45, 7) is 0. The van der Waals surface area contributed by atoms with Crippen LogP contribution < -0.4 is 5.32 Å². The van der Waals surface area contributed by atoms with Crippen LogP contribution in [-0.4, -0.2) is 27.8 Å². The molecule has 15 heteroatoms. The number of hydrogen-bond acceptors (Lipinski definition) is 5. The zero-order chi connectivity index (χ0) is 25.9. The van der Waals surface area contributed by atoms with E-state index in [4.69, 9.17) is 4.52 Å². The number of aromatic nitrogens is 2. The molecule has 0 saturated heterocycles. The maximum Gasteiger partial charge on any atom is 0.458 e. The number of halogens is 8. The first-order valence-corrected chi connectivity index (χ1v) is 10.5. The standard InChI is InChI=1S/C20H12F8N4O2S/c1-32-7-10(19(23,24)25)15(18(21,22)20(26,27)28)16(32)11-5-12(34-31-11)13-4-9(14(6-29)35-13)17(33)30-8-2-3-8/h4-5,7-8H,2-3H2,1H3,(H,30,33). The summed E-state index contributed by atoms with van der Waals surface area (Å²) in [4.78, 5) is 12.4. The monoisotopic (exact) mass is 524 g/mol. The molecule has 1 aliphatic rings. The predicted octanol–water partition coefficient (Wildman–Crippen LogP) is 5.85. The maximum absolute atomic E-state index is 14.3. The number of hydrogen-bond donors (Lipinski definition) is 1. The Morgan fingerprint density at radius 1 is 1.20 bits per heavy atom. The van der Waals surface area contributed by atoms with E-state index in [1.807, 2.05) is 6.07 Å². The van der Waals surface area contributed by atoms with E-state index >= 15 is 0 Å². The largest absolute Gasteiger partial charge is 0.458 e. The highest BCUT2D eigenvalue weighted by Crippen LogP contribution is 2.52. The van der Waals surface area contributed by atoms with Gasteiger partial charge in [0.25, 0.3) is 5.91 Å². The third kappa shape index (κ3) is 4.38. The van der Waals surface area contributed by atoms with Crippen molar-refractivity contribution in [3.8, 4) is 28.1 Å². The molecule has 35 heavy (non-hydrogen) atoms. The second-order valence-electron chi connectivity index (χ2n) is 7.74. The molecular formula is C20H12F8N4O2S. The molecule has 0 aromatic carbocycles. The van der Waals surface area contributed by atoms with E-state index in [2.05, 4.69) is 10.5 Å². The smallest absolute Gasteiger partial charge is 0.355 e. The highest BCUT2D eigenvalue weighted by atomic mass is 32.1. The third-order valence-corrected chi connectivity index (χ3v) is 6.20. The molecular weight excluding hydrogens is 512 g/mol. The average Bonchev–Trinajstić information content (AvgIpc) is 3.15. The van der Waals surface area contributed by atoms with Gasteiger partial charge >= 0.3 is 18.3 Å². The van der Waals surface area contributed by atoms with Crippen LogP contribution in [0.3, 0.4) is 0 Å². The molecule has 186 valence electrons. The van der Waals surface area contributed by atoms with Crippen LogP contribution in [-0.2, 0) is 19.1 Å². The fourth-order valence-electron chi connectivity index (χ4n) is 3.37. The van der Waals surface area contributed by atoms with E-state index < -0.39 is 46.7 Å². The first kappa shape index (κ1) is 24.7. The van der Waals surface area contributed by atoms with E-state index in [0.717, 1.165) is 37.3 Å². The zero-order valence-corrected chi connectivity index (χ0v) is 18.1. The van der Waals surface area contributed by atoms with Gasteiger partial charge < -0.3 is 14.4 Å². The summed E-state index contributed by atoms with van der Waals surface area (Å²) in [7, 11) is 0.855. The number of aryl methyl sites for hydroxylation is 1. The Morgan fingerprint density at radius 2 is 1.86 bits per heavy atom. The lowest BCUT2D eigenvalue weighted by Crippen LogP contribution is -2.35. The molecule has 1 saturated carbocycles. The SMILES string of the molecule is Cn1cc(C(F)(F)F)c(C(F)(F)C(F)(F)F)c1-c1cc(-c2cc(C(=O)NC3CC3)c(C#N)s2)on1. The summed E-state index contributed by atoms with van der Waals surface area (Å²) in [5, 5.41) is 15.4. The molecule has 1 N–H and O–H groups in total. The zero-order valence-electron chi connectivity index (χ0n) is 17.3. The van der Waals surface area contributed by atoms with Crippen molar-refractivity contribution < 1.29 is 44.4 Å². The van der Waals surface area contributed by atoms with Gasteiger partial charge in [-0.15, -0.1) is 11.3 Å². The van der Waals surface area contributed by atoms with Gasteiger partial charge in [0.1, 0.15) is 16.6 Å². The number of carbonyl (C=O) groups is 1. The second kappa shape index (κ2) is 8.08. The number of rotatable bonds is 5. The molecule has 4 rings (SSSR count). The number of thiophene rings is 1. The van der Waals surface area contributed by atoms with Gasteiger partial charge in [-0.2, -0.15) is 40.4 Å². The lowest BCUT2D eigenvalue weighted by molar-refractivity contribution is -0.290. The number of nitrogens with zero attached hydrogens (tertiary/aromatic N) is 3. The van der Waals surface area contributed by atoms with E-state index in [9.17, 15) is 45.2 Å². The molecule has 3 heterocycles. The molecule has 0 unspecified atom stereocenters. The Hall–Kier alpha value is -3.41. The Balaban J connectivity index is 1.81. The van der Waals surface area contributed by atoms with E-state index in [1.54, 1.807) is 0 Å². The number of nitrogens with one attached hydrogen (secondary N) is 1. The minimum atomic E-state index is -6.32. The van der Waals surface area contributed by atoms with Gasteiger partial charge in [-0.1, -0.05) is 5.16 Å². The number of carbonyl (C=O) groups excluding carboxylic acids is 1. The highest BCUT2D eigenvalue weighted by molar-refractivity contribution is 7.16. The third-order valence-electron chi connectivity index (χ3n) is 5.14. The van der Waals surface area contributed by atoms with Crippen molar-refractivity contribution in [3.05, 3.63) is 39.9 Å². The van der Waals surface area contributed by atoms with Crippen LogP contribution in [0, 0.1) is 11.3 Å². The quantitative estimate of drug-likeness (QED) is 0.425. The number of amides is 1. The minimum Gasteiger partial charge on any atom is -0.355 e. The number of alkyl halides is 8. The molecule has 3 aromatic rings. The molecule has 0 atom stereocenters. The molecule has 1 aliphatic carbocycles. The minimum absolute atomic E-state index is 0.0140. The lowest BCUT2D eigenvalue weighted by atomic mass is 10.0. The summed E-state index contributed by atoms with van der Waals surface area (Å²) in [5.74, 6) is -6.66. The van der Waals surface area contributed by atoms with Gasteiger partial charge in [0.2, 0.25) is 0 Å². The van der Waals surface area contributed by atoms with Gasteiger partial charge in [0, 0.05) is 25.4 Å². The van der Waals surface area contributed by atoms with E-state index in [1.165, 1.54) is 6.07 Å². The van der Waals surface area contributed by atoms with Gasteiger partial charge in [-0.25, -0.2) is 0 Å². The normalized spacial score (nSPS) is 14.7. The van der Waals surface area contributed by atoms with Gasteiger partial charge in [0.05, 0.1) is 27.3 Å². The highest BCUT2D eigenvalue weighted by Gasteiger charge is 2.63. The summed E-state index contributed by atoms with van der Waals surface area (Å²) in [5.41, 5.74) is -6.39. The van der Waals surface area contributed by atoms with Crippen molar-refractivity contribution in [2.24, 2.45) is 7.05 Å². The first-order valence-electron chi connectivity index (χ1n) is 9.69. The number of nitriles is 1. The molecule has 0 aliphatic heterocycles. The first-order chi connectivity index (χ1) is 16.1. The van der Waals surface area contributed by atoms with Crippen molar-refractivity contribution in [3.63, 3.8) is 0 Å². The predicted molar refractivity (Wildman–Crippen MR) is 104 cm³/mol. The van der Waals surface area contributed by atoms with Crippen LogP contribution in [0.25, 0.3) is 22.0 Å². The van der Waals surface area contributed by atoms with E-state index in [0.29, 0.717) is 4.57 Å². The van der Waals surface area contributed by atoms with Crippen LogP contribution in [0.15, 0.2) is 22.9 Å². The topological polar surface area (TPSA) is 83.9 Å². The second-order valence-corrected chi connectivity index (χ2v) is 8.79. The van der Waals surface area contributed by atoms with Gasteiger partial charge in [-0.3, -0.25) is 4.79 Å². The van der Waals surface area contributed by atoms with Crippen LogP contribution in [0.1, 0.15) is 39.2 Å². The fourth-order valence-corrected chi connectivity index (χ4v) is 4.27. The van der Waals surface area contributed by atoms with E-state index in [-0.39, 0.29) is 33.3 Å². The van der Waals surface area contributed by atoms with Crippen LogP contribution in [0.4, 0.5) is 35.1 Å². The van der Waals surface area contributed by atoms with Gasteiger partial charge in [0.15, 0.2) is 5.76 Å². The average molecular weight is 524 g/mol. The van der Waals surface area contributed by atoms with Crippen LogP contribution in [0.5, 0.6) is 0 Å². The van der Waals surface area contributed by atoms with Crippen molar-refractivity contribution in [1.29, 1.82) is 5.26 Å². The fraction of sp³-hybridized carbons (Fsp3) is 0.350. The Labute approximate surface area is 194 Å². The van der Waals surface area contributed by atoms with Crippen molar-refractivity contribution in [1.82, 2.24) is 15.0 Å². The molecule has 0 bridgehead atoms. The summed E-state index contributed by atoms with van der Waals surface area (Å²) in [6, 6.07) is 3.89. The van der Waals surface area contributed by atoms with Gasteiger partial charge in [-0.05, 0) is 18.9 Å². The Morgan fingerprint density at radius 3 is 2.40 bits per heavy atom. The molecule has 6 nitrogen and oxygen atoms in total. The lowest BCUT2D eigenvalue weighted by Gasteiger charge is -2.22. The molecule has 1 fully saturated rings. The van der Waals surface area contributed by atoms with Crippen LogP contribution >= 0.6 is 11.3 Å². The molecule has 0 spiro atoms. The van der Waals surface area contributed by atoms with Crippen molar-refractivity contribution in [2.45, 2.75) is 37.2 Å². The molecule has 3 aromatic heterocycles. The summed E-state index contributed by atoms with van der Waals surface area (Å²) >= 11 is 0.754. The Bertz CT molecular complexity index is 1340. The molecule has 0 radical (unpaired) electrons. The molecule has 1 amide bonds. The maximum atomic E-state index is 14.3. The Kier molecular flexibility index (Phi) is 5.70.